The predicted octanol–water partition coefficient (Wildman–Crippen LogP) is 2.67. The Balaban J connectivity index is 0. The summed E-state index contributed by atoms with van der Waals surface area (Å²) in [6.07, 6.45) is 3.93. The van der Waals surface area contributed by atoms with Crippen molar-refractivity contribution in [3.8, 4) is 0 Å². The Hall–Kier alpha value is -0.0400. The fourth-order valence-electron chi connectivity index (χ4n) is 0.818. The molecule has 0 unspecified atom stereocenters. The van der Waals surface area contributed by atoms with Crippen molar-refractivity contribution in [3.63, 3.8) is 0 Å². The second-order valence-corrected chi connectivity index (χ2v) is 3.29. The van der Waals surface area contributed by atoms with Gasteiger partial charge in [-0.2, -0.15) is 0 Å². The van der Waals surface area contributed by atoms with Crippen LogP contribution in [0.3, 0.4) is 0 Å². The Labute approximate surface area is 66.7 Å². The third kappa shape index (κ3) is 7.96. The monoisotopic (exact) mass is 145 g/mol. The molecule has 0 atom stereocenters. The summed E-state index contributed by atoms with van der Waals surface area (Å²) >= 11 is 0. The van der Waals surface area contributed by atoms with Gasteiger partial charge in [0.05, 0.1) is 0 Å². The molecule has 0 rings (SSSR count). The van der Waals surface area contributed by atoms with Crippen molar-refractivity contribution in [2.45, 2.75) is 40.0 Å². The second kappa shape index (κ2) is 7.07. The van der Waals surface area contributed by atoms with Gasteiger partial charge >= 0.3 is 0 Å². The average molecular weight is 145 g/mol. The summed E-state index contributed by atoms with van der Waals surface area (Å²) in [6.45, 7) is 9.15. The molecule has 0 aromatic rings. The molecule has 1 N–H and O–H groups in total. The number of hydrogen-bond acceptors (Lipinski definition) is 1. The zero-order valence-corrected chi connectivity index (χ0v) is 7.61. The van der Waals surface area contributed by atoms with Crippen LogP contribution in [-0.4, -0.2) is 13.1 Å². The van der Waals surface area contributed by atoms with Gasteiger partial charge < -0.3 is 5.32 Å². The molecule has 1 heteroatoms. The average Bonchev–Trinajstić information content (AvgIpc) is 1.87. The van der Waals surface area contributed by atoms with E-state index in [1.165, 1.54) is 32.4 Å². The summed E-state index contributed by atoms with van der Waals surface area (Å²) in [5.41, 5.74) is 0. The molecule has 0 aromatic carbocycles. The summed E-state index contributed by atoms with van der Waals surface area (Å²) < 4.78 is 0. The third-order valence-corrected chi connectivity index (χ3v) is 1.61. The highest BCUT2D eigenvalue weighted by atomic mass is 14.8. The highest BCUT2D eigenvalue weighted by molar-refractivity contribution is 4.50. The van der Waals surface area contributed by atoms with Crippen LogP contribution in [0.4, 0.5) is 0 Å². The molecule has 0 aliphatic carbocycles. The Kier molecular flexibility index (Phi) is 7.04. The SMILES string of the molecule is CCCCNCCC(C)C.[HH]. The Morgan fingerprint density at radius 3 is 2.50 bits per heavy atom. The largest absolute Gasteiger partial charge is 0.317 e. The molecule has 0 heterocycles. The van der Waals surface area contributed by atoms with Gasteiger partial charge in [0.25, 0.3) is 0 Å². The highest BCUT2D eigenvalue weighted by Crippen LogP contribution is 1.96. The lowest BCUT2D eigenvalue weighted by atomic mass is 10.1. The Bertz CT molecular complexity index is 64.6. The first-order valence-corrected chi connectivity index (χ1v) is 4.48. The summed E-state index contributed by atoms with van der Waals surface area (Å²) in [7, 11) is 0. The van der Waals surface area contributed by atoms with E-state index < -0.39 is 0 Å². The van der Waals surface area contributed by atoms with E-state index in [9.17, 15) is 0 Å². The molecule has 0 amide bonds. The van der Waals surface area contributed by atoms with E-state index in [2.05, 4.69) is 26.1 Å². The lowest BCUT2D eigenvalue weighted by molar-refractivity contribution is 0.530. The van der Waals surface area contributed by atoms with Crippen LogP contribution in [0.1, 0.15) is 41.5 Å². The summed E-state index contributed by atoms with van der Waals surface area (Å²) in [5, 5.41) is 3.42. The summed E-state index contributed by atoms with van der Waals surface area (Å²) in [6, 6.07) is 0. The Morgan fingerprint density at radius 1 is 1.30 bits per heavy atom. The van der Waals surface area contributed by atoms with Crippen molar-refractivity contribution in [1.82, 2.24) is 5.32 Å². The summed E-state index contributed by atoms with van der Waals surface area (Å²) in [4.78, 5) is 0. The number of rotatable bonds is 6. The number of unbranched alkanes of at least 4 members (excludes halogenated alkanes) is 1. The van der Waals surface area contributed by atoms with Crippen LogP contribution in [0.2, 0.25) is 0 Å². The van der Waals surface area contributed by atoms with E-state index in [0.717, 1.165) is 5.92 Å². The lowest BCUT2D eigenvalue weighted by Gasteiger charge is -2.05. The van der Waals surface area contributed by atoms with E-state index in [-0.39, 0.29) is 1.43 Å². The van der Waals surface area contributed by atoms with Crippen LogP contribution in [0.15, 0.2) is 0 Å². The van der Waals surface area contributed by atoms with Gasteiger partial charge in [0.2, 0.25) is 0 Å². The second-order valence-electron chi connectivity index (χ2n) is 3.29. The lowest BCUT2D eigenvalue weighted by Crippen LogP contribution is -2.17. The van der Waals surface area contributed by atoms with E-state index in [1.807, 2.05) is 0 Å². The molecule has 0 saturated carbocycles. The van der Waals surface area contributed by atoms with Gasteiger partial charge in [-0.25, -0.2) is 0 Å². The van der Waals surface area contributed by atoms with Gasteiger partial charge in [0.15, 0.2) is 0 Å². The molecule has 0 saturated heterocycles. The van der Waals surface area contributed by atoms with E-state index >= 15 is 0 Å². The maximum atomic E-state index is 3.42. The van der Waals surface area contributed by atoms with Gasteiger partial charge in [-0.1, -0.05) is 27.2 Å². The molecule has 0 fully saturated rings. The fraction of sp³-hybridized carbons (Fsp3) is 1.00. The van der Waals surface area contributed by atoms with Crippen LogP contribution in [0.5, 0.6) is 0 Å². The predicted molar refractivity (Wildman–Crippen MR) is 49.3 cm³/mol. The van der Waals surface area contributed by atoms with Crippen molar-refractivity contribution in [1.29, 1.82) is 0 Å². The van der Waals surface area contributed by atoms with Gasteiger partial charge in [-0.05, 0) is 31.8 Å². The zero-order valence-electron chi connectivity index (χ0n) is 7.61. The smallest absolute Gasteiger partial charge is 0 e. The van der Waals surface area contributed by atoms with Crippen molar-refractivity contribution < 1.29 is 1.43 Å². The van der Waals surface area contributed by atoms with Crippen LogP contribution >= 0.6 is 0 Å². The van der Waals surface area contributed by atoms with Gasteiger partial charge in [0, 0.05) is 1.43 Å². The molecule has 1 nitrogen and oxygen atoms in total. The zero-order chi connectivity index (χ0) is 7.82. The molecule has 0 aliphatic heterocycles. The molecule has 10 heavy (non-hydrogen) atoms. The van der Waals surface area contributed by atoms with Crippen molar-refractivity contribution in [3.05, 3.63) is 0 Å². The minimum atomic E-state index is 0. The first-order chi connectivity index (χ1) is 4.77. The normalized spacial score (nSPS) is 10.8. The van der Waals surface area contributed by atoms with Gasteiger partial charge in [0.1, 0.15) is 0 Å². The first-order valence-electron chi connectivity index (χ1n) is 4.48. The molecule has 0 aliphatic rings. The van der Waals surface area contributed by atoms with E-state index in [1.54, 1.807) is 0 Å². The van der Waals surface area contributed by atoms with Crippen molar-refractivity contribution in [2.75, 3.05) is 13.1 Å². The molecule has 0 radical (unpaired) electrons. The van der Waals surface area contributed by atoms with Crippen LogP contribution in [0.25, 0.3) is 0 Å². The Morgan fingerprint density at radius 2 is 2.00 bits per heavy atom. The van der Waals surface area contributed by atoms with Crippen LogP contribution < -0.4 is 5.32 Å². The van der Waals surface area contributed by atoms with Crippen LogP contribution in [0, 0.1) is 5.92 Å². The maximum absolute atomic E-state index is 3.42. The minimum Gasteiger partial charge on any atom is -0.317 e. The number of hydrogen-bond donors (Lipinski definition) is 1. The quantitative estimate of drug-likeness (QED) is 0.567. The third-order valence-electron chi connectivity index (χ3n) is 1.61. The van der Waals surface area contributed by atoms with Crippen LogP contribution in [-0.2, 0) is 0 Å². The first kappa shape index (κ1) is 9.96. The molecule has 64 valence electrons. The van der Waals surface area contributed by atoms with Gasteiger partial charge in [-0.3, -0.25) is 0 Å². The van der Waals surface area contributed by atoms with E-state index in [4.69, 9.17) is 0 Å². The molecule has 0 aromatic heterocycles. The fourth-order valence-corrected chi connectivity index (χ4v) is 0.818. The summed E-state index contributed by atoms with van der Waals surface area (Å²) in [5.74, 6) is 0.842. The molecule has 0 spiro atoms. The maximum Gasteiger partial charge on any atom is 0 e. The highest BCUT2D eigenvalue weighted by Gasteiger charge is 1.91. The standard InChI is InChI=1S/C9H21N.H2/c1-4-5-7-10-8-6-9(2)3;/h9-10H,4-8H2,1-3H3;1H. The van der Waals surface area contributed by atoms with Crippen molar-refractivity contribution >= 4 is 0 Å². The number of nitrogens with one attached hydrogen (secondary N) is 1. The minimum absolute atomic E-state index is 0. The van der Waals surface area contributed by atoms with Crippen molar-refractivity contribution in [2.24, 2.45) is 5.92 Å². The molecule has 0 bridgehead atoms. The molecular formula is C9H23N. The molecular weight excluding hydrogens is 122 g/mol. The van der Waals surface area contributed by atoms with Gasteiger partial charge in [-0.15, -0.1) is 0 Å². The topological polar surface area (TPSA) is 12.0 Å². The van der Waals surface area contributed by atoms with E-state index in [0.29, 0.717) is 0 Å².